The highest BCUT2D eigenvalue weighted by molar-refractivity contribution is 7.24. The molecular weight excluding hydrogens is 795 g/mol. The average molecular weight is 854 g/mol. The highest BCUT2D eigenvalue weighted by Gasteiger charge is 2.44. The Morgan fingerprint density at radius 3 is 1.61 bits per heavy atom. The first-order chi connectivity index (χ1) is 30.3. The molecule has 0 amide bonds. The standard InChI is InChI=1S/C60H59N3S/c1-36-17-19-37(20-18-36)38-31-51-55-52(32-38)62(43-28-23-40(24-29-43)58(5,6)7)54-46-34-45-44-15-13-14-16-47(44)60(11,12)48(45)35-53(46)64-56(54)63(55)50-33-41(59(8,9)10)25-30-49(50)61(51)42-26-21-39(22-27-42)57(2,3)4/h13-35H,1-12H3. The Balaban J connectivity index is 1.27. The summed E-state index contributed by atoms with van der Waals surface area (Å²) in [7, 11) is 0. The van der Waals surface area contributed by atoms with Gasteiger partial charge in [-0.15, -0.1) is 11.3 Å². The molecule has 0 bridgehead atoms. The monoisotopic (exact) mass is 853 g/mol. The predicted molar refractivity (Wildman–Crippen MR) is 277 cm³/mol. The molecule has 3 aliphatic rings. The number of hydrogen-bond acceptors (Lipinski definition) is 4. The van der Waals surface area contributed by atoms with Gasteiger partial charge < -0.3 is 9.80 Å². The first-order valence-electron chi connectivity index (χ1n) is 23.0. The van der Waals surface area contributed by atoms with Crippen LogP contribution in [0.2, 0.25) is 0 Å². The molecule has 0 atom stereocenters. The Labute approximate surface area is 384 Å². The van der Waals surface area contributed by atoms with E-state index >= 15 is 0 Å². The van der Waals surface area contributed by atoms with E-state index in [1.807, 2.05) is 11.3 Å². The zero-order valence-corrected chi connectivity index (χ0v) is 40.3. The molecule has 320 valence electrons. The average Bonchev–Trinajstić information content (AvgIpc) is 3.73. The Morgan fingerprint density at radius 1 is 0.438 bits per heavy atom. The molecule has 0 radical (unpaired) electrons. The summed E-state index contributed by atoms with van der Waals surface area (Å²) in [5, 5.41) is 2.53. The summed E-state index contributed by atoms with van der Waals surface area (Å²) in [5.74, 6) is 0. The fraction of sp³-hybridized carbons (Fsp3) is 0.267. The van der Waals surface area contributed by atoms with E-state index in [0.29, 0.717) is 0 Å². The highest BCUT2D eigenvalue weighted by atomic mass is 32.1. The zero-order chi connectivity index (χ0) is 44.8. The first kappa shape index (κ1) is 40.7. The second kappa shape index (κ2) is 13.7. The largest absolute Gasteiger partial charge is 0.306 e. The van der Waals surface area contributed by atoms with Gasteiger partial charge in [0, 0.05) is 26.9 Å². The van der Waals surface area contributed by atoms with Crippen molar-refractivity contribution in [2.75, 3.05) is 14.7 Å². The lowest BCUT2D eigenvalue weighted by Gasteiger charge is -2.46. The quantitative estimate of drug-likeness (QED) is 0.175. The van der Waals surface area contributed by atoms with Gasteiger partial charge >= 0.3 is 0 Å². The van der Waals surface area contributed by atoms with Gasteiger partial charge in [-0.1, -0.05) is 161 Å². The van der Waals surface area contributed by atoms with Gasteiger partial charge in [-0.3, -0.25) is 4.90 Å². The fourth-order valence-electron chi connectivity index (χ4n) is 10.4. The van der Waals surface area contributed by atoms with Crippen LogP contribution in [0.5, 0.6) is 0 Å². The molecule has 0 saturated heterocycles. The SMILES string of the molecule is Cc1ccc(-c2cc3c4c(c2)N(c2ccc(C(C)(C)C)cc2)c2c(sc5cc6c(cc25)-c2ccccc2C6(C)C)N4c2cc(C(C)(C)C)ccc2N3c2ccc(C(C)(C)C)cc2)cc1. The van der Waals surface area contributed by atoms with Gasteiger partial charge in [0.25, 0.3) is 0 Å². The van der Waals surface area contributed by atoms with Crippen LogP contribution in [0.25, 0.3) is 32.3 Å². The van der Waals surface area contributed by atoms with Crippen molar-refractivity contribution < 1.29 is 0 Å². The summed E-state index contributed by atoms with van der Waals surface area (Å²) in [6.07, 6.45) is 0. The van der Waals surface area contributed by atoms with Crippen LogP contribution in [0.1, 0.15) is 110 Å². The maximum atomic E-state index is 2.64. The summed E-state index contributed by atoms with van der Waals surface area (Å²) in [5.41, 5.74) is 22.5. The molecule has 0 unspecified atom stereocenters. The van der Waals surface area contributed by atoms with Crippen LogP contribution in [0, 0.1) is 6.92 Å². The summed E-state index contributed by atoms with van der Waals surface area (Å²) >= 11 is 1.94. The normalized spacial score (nSPS) is 14.9. The van der Waals surface area contributed by atoms with Gasteiger partial charge in [0.05, 0.1) is 34.1 Å². The van der Waals surface area contributed by atoms with E-state index < -0.39 is 0 Å². The number of rotatable bonds is 3. The molecule has 64 heavy (non-hydrogen) atoms. The fourth-order valence-corrected chi connectivity index (χ4v) is 11.7. The summed E-state index contributed by atoms with van der Waals surface area (Å²) in [6, 6.07) is 54.0. The number of benzene rings is 7. The molecule has 0 fully saturated rings. The summed E-state index contributed by atoms with van der Waals surface area (Å²) < 4.78 is 1.31. The van der Waals surface area contributed by atoms with Crippen molar-refractivity contribution in [2.24, 2.45) is 0 Å². The molecule has 2 aliphatic heterocycles. The molecule has 3 nitrogen and oxygen atoms in total. The van der Waals surface area contributed by atoms with Crippen LogP contribution < -0.4 is 14.7 Å². The lowest BCUT2D eigenvalue weighted by Crippen LogP contribution is -2.30. The Bertz CT molecular complexity index is 3180. The number of thiophene rings is 1. The molecular formula is C60H59N3S. The molecule has 11 rings (SSSR count). The first-order valence-corrected chi connectivity index (χ1v) is 23.8. The van der Waals surface area contributed by atoms with Crippen molar-refractivity contribution in [3.63, 3.8) is 0 Å². The van der Waals surface area contributed by atoms with Gasteiger partial charge in [0.1, 0.15) is 5.00 Å². The van der Waals surface area contributed by atoms with Crippen molar-refractivity contribution >= 4 is 71.9 Å². The second-order valence-electron chi connectivity index (χ2n) is 22.1. The van der Waals surface area contributed by atoms with E-state index in [0.717, 1.165) is 11.4 Å². The van der Waals surface area contributed by atoms with E-state index in [1.54, 1.807) is 0 Å². The lowest BCUT2D eigenvalue weighted by molar-refractivity contribution is 0.590. The summed E-state index contributed by atoms with van der Waals surface area (Å²) in [6.45, 7) is 27.8. The molecule has 0 spiro atoms. The van der Waals surface area contributed by atoms with E-state index in [-0.39, 0.29) is 21.7 Å². The van der Waals surface area contributed by atoms with Crippen LogP contribution >= 0.6 is 11.3 Å². The van der Waals surface area contributed by atoms with Gasteiger partial charge in [-0.25, -0.2) is 0 Å². The highest BCUT2D eigenvalue weighted by Crippen LogP contribution is 2.68. The van der Waals surface area contributed by atoms with Crippen molar-refractivity contribution in [2.45, 2.75) is 105 Å². The number of aryl methyl sites for hydroxylation is 1. The third-order valence-corrected chi connectivity index (χ3v) is 15.4. The second-order valence-corrected chi connectivity index (χ2v) is 23.1. The Kier molecular flexibility index (Phi) is 8.71. The predicted octanol–water partition coefficient (Wildman–Crippen LogP) is 18.1. The van der Waals surface area contributed by atoms with E-state index in [2.05, 4.69) is 237 Å². The molecule has 8 aromatic rings. The third-order valence-electron chi connectivity index (χ3n) is 14.2. The minimum atomic E-state index is -0.103. The van der Waals surface area contributed by atoms with Gasteiger partial charge in [-0.05, 0) is 134 Å². The minimum absolute atomic E-state index is 0.0280. The van der Waals surface area contributed by atoms with E-state index in [4.69, 9.17) is 0 Å². The Morgan fingerprint density at radius 2 is 1.00 bits per heavy atom. The molecule has 0 N–H and O–H groups in total. The van der Waals surface area contributed by atoms with Crippen LogP contribution in [-0.4, -0.2) is 0 Å². The van der Waals surface area contributed by atoms with Crippen molar-refractivity contribution in [3.8, 4) is 22.3 Å². The zero-order valence-electron chi connectivity index (χ0n) is 39.5. The molecule has 3 heterocycles. The van der Waals surface area contributed by atoms with E-state index in [9.17, 15) is 0 Å². The number of anilines is 9. The number of hydrogen-bond donors (Lipinski definition) is 0. The molecule has 0 saturated carbocycles. The topological polar surface area (TPSA) is 9.72 Å². The molecule has 4 heteroatoms. The number of nitrogens with zero attached hydrogens (tertiary/aromatic N) is 3. The lowest BCUT2D eigenvalue weighted by atomic mass is 9.82. The van der Waals surface area contributed by atoms with Gasteiger partial charge in [0.2, 0.25) is 0 Å². The van der Waals surface area contributed by atoms with Crippen LogP contribution in [0.15, 0.2) is 140 Å². The van der Waals surface area contributed by atoms with Crippen molar-refractivity contribution in [1.82, 2.24) is 0 Å². The molecule has 1 aliphatic carbocycles. The number of fused-ring (bicyclic) bond motifs is 9. The maximum absolute atomic E-state index is 2.64. The van der Waals surface area contributed by atoms with Crippen molar-refractivity contribution in [1.29, 1.82) is 0 Å². The van der Waals surface area contributed by atoms with Crippen LogP contribution in [0.3, 0.4) is 0 Å². The van der Waals surface area contributed by atoms with Crippen LogP contribution in [0.4, 0.5) is 50.5 Å². The Hall–Kier alpha value is -6.10. The van der Waals surface area contributed by atoms with E-state index in [1.165, 1.54) is 105 Å². The molecule has 7 aromatic carbocycles. The summed E-state index contributed by atoms with van der Waals surface area (Å²) in [4.78, 5) is 7.78. The minimum Gasteiger partial charge on any atom is -0.306 e. The van der Waals surface area contributed by atoms with Gasteiger partial charge in [0.15, 0.2) is 0 Å². The maximum Gasteiger partial charge on any atom is 0.126 e. The third kappa shape index (κ3) is 6.12. The van der Waals surface area contributed by atoms with Crippen molar-refractivity contribution in [3.05, 3.63) is 173 Å². The molecule has 1 aromatic heterocycles. The smallest absolute Gasteiger partial charge is 0.126 e. The van der Waals surface area contributed by atoms with Crippen LogP contribution in [-0.2, 0) is 21.7 Å². The van der Waals surface area contributed by atoms with Gasteiger partial charge in [-0.2, -0.15) is 0 Å².